The van der Waals surface area contributed by atoms with Crippen molar-refractivity contribution in [2.45, 2.75) is 18.7 Å². The number of rotatable bonds is 3. The summed E-state index contributed by atoms with van der Waals surface area (Å²) in [7, 11) is 0. The van der Waals surface area contributed by atoms with Crippen molar-refractivity contribution < 1.29 is 4.39 Å². The zero-order chi connectivity index (χ0) is 12.4. The van der Waals surface area contributed by atoms with Gasteiger partial charge in [-0.1, -0.05) is 28.9 Å². The highest BCUT2D eigenvalue weighted by molar-refractivity contribution is 9.10. The van der Waals surface area contributed by atoms with Crippen molar-refractivity contribution in [3.05, 3.63) is 55.9 Å². The highest BCUT2D eigenvalue weighted by Gasteiger charge is 2.17. The zero-order valence-electron chi connectivity index (χ0n) is 9.21. The van der Waals surface area contributed by atoms with Gasteiger partial charge in [-0.3, -0.25) is 0 Å². The molecule has 1 aromatic heterocycles. The maximum Gasteiger partial charge on any atom is 0.129 e. The normalized spacial score (nSPS) is 12.7. The fourth-order valence-corrected chi connectivity index (χ4v) is 3.25. The lowest BCUT2D eigenvalue weighted by Crippen LogP contribution is -1.94. The summed E-state index contributed by atoms with van der Waals surface area (Å²) < 4.78 is 14.5. The van der Waals surface area contributed by atoms with Gasteiger partial charge in [0.2, 0.25) is 0 Å². The Morgan fingerprint density at radius 2 is 2.12 bits per heavy atom. The molecule has 0 aliphatic carbocycles. The SMILES string of the molecule is CCc1ccc(C(Cl)c2ccc(Br)cc2F)s1. The Kier molecular flexibility index (Phi) is 4.23. The largest absolute Gasteiger partial charge is 0.207 e. The Balaban J connectivity index is 2.33. The maximum absolute atomic E-state index is 13.8. The zero-order valence-corrected chi connectivity index (χ0v) is 12.4. The van der Waals surface area contributed by atoms with E-state index >= 15 is 0 Å². The highest BCUT2D eigenvalue weighted by atomic mass is 79.9. The number of alkyl halides is 1. The van der Waals surface area contributed by atoms with Gasteiger partial charge < -0.3 is 0 Å². The van der Waals surface area contributed by atoms with E-state index in [1.54, 1.807) is 17.4 Å². The Morgan fingerprint density at radius 3 is 2.71 bits per heavy atom. The van der Waals surface area contributed by atoms with Crippen LogP contribution in [0.5, 0.6) is 0 Å². The van der Waals surface area contributed by atoms with E-state index in [2.05, 4.69) is 22.9 Å². The third-order valence-corrected chi connectivity index (χ3v) is 4.90. The number of hydrogen-bond acceptors (Lipinski definition) is 1. The van der Waals surface area contributed by atoms with Crippen LogP contribution in [0.25, 0.3) is 0 Å². The van der Waals surface area contributed by atoms with Gasteiger partial charge in [0.15, 0.2) is 0 Å². The van der Waals surface area contributed by atoms with Crippen molar-refractivity contribution in [3.63, 3.8) is 0 Å². The summed E-state index contributed by atoms with van der Waals surface area (Å²) in [5.74, 6) is -0.272. The van der Waals surface area contributed by atoms with Crippen LogP contribution in [0.2, 0.25) is 0 Å². The average Bonchev–Trinajstić information content (AvgIpc) is 2.76. The molecule has 90 valence electrons. The molecule has 1 atom stereocenters. The van der Waals surface area contributed by atoms with Gasteiger partial charge in [0.1, 0.15) is 5.82 Å². The van der Waals surface area contributed by atoms with Gasteiger partial charge >= 0.3 is 0 Å². The summed E-state index contributed by atoms with van der Waals surface area (Å²) >= 11 is 11.2. The van der Waals surface area contributed by atoms with Gasteiger partial charge in [0, 0.05) is 19.8 Å². The molecule has 2 rings (SSSR count). The van der Waals surface area contributed by atoms with E-state index in [1.807, 2.05) is 18.2 Å². The van der Waals surface area contributed by atoms with Crippen LogP contribution < -0.4 is 0 Å². The van der Waals surface area contributed by atoms with Crippen LogP contribution in [0.15, 0.2) is 34.8 Å². The third kappa shape index (κ3) is 2.90. The first-order valence-corrected chi connectivity index (χ1v) is 7.34. The predicted molar refractivity (Wildman–Crippen MR) is 75.5 cm³/mol. The van der Waals surface area contributed by atoms with Crippen molar-refractivity contribution in [2.75, 3.05) is 0 Å². The van der Waals surface area contributed by atoms with Gasteiger partial charge in [0.05, 0.1) is 5.38 Å². The Hall–Kier alpha value is -0.380. The van der Waals surface area contributed by atoms with Crippen LogP contribution in [-0.4, -0.2) is 0 Å². The number of aryl methyl sites for hydroxylation is 1. The Bertz CT molecular complexity index is 524. The Morgan fingerprint density at radius 1 is 1.35 bits per heavy atom. The van der Waals surface area contributed by atoms with Crippen molar-refractivity contribution in [3.8, 4) is 0 Å². The lowest BCUT2D eigenvalue weighted by atomic mass is 10.1. The topological polar surface area (TPSA) is 0 Å². The lowest BCUT2D eigenvalue weighted by Gasteiger charge is -2.09. The summed E-state index contributed by atoms with van der Waals surface area (Å²) in [6.45, 7) is 2.10. The molecule has 17 heavy (non-hydrogen) atoms. The van der Waals surface area contributed by atoms with E-state index in [9.17, 15) is 4.39 Å². The Labute approximate surface area is 118 Å². The molecule has 2 aromatic rings. The van der Waals surface area contributed by atoms with Crippen LogP contribution >= 0.6 is 38.9 Å². The fraction of sp³-hybridized carbons (Fsp3) is 0.231. The summed E-state index contributed by atoms with van der Waals surface area (Å²) in [6, 6.07) is 9.00. The second kappa shape index (κ2) is 5.51. The molecule has 0 radical (unpaired) electrons. The quantitative estimate of drug-likeness (QED) is 0.647. The molecule has 1 aromatic carbocycles. The summed E-state index contributed by atoms with van der Waals surface area (Å²) in [6.07, 6.45) is 0.983. The fourth-order valence-electron chi connectivity index (χ4n) is 1.58. The molecule has 0 saturated carbocycles. The molecule has 0 saturated heterocycles. The van der Waals surface area contributed by atoms with Gasteiger partial charge in [-0.15, -0.1) is 22.9 Å². The molecule has 1 unspecified atom stereocenters. The van der Waals surface area contributed by atoms with E-state index in [4.69, 9.17) is 11.6 Å². The average molecular weight is 334 g/mol. The molecule has 0 N–H and O–H groups in total. The smallest absolute Gasteiger partial charge is 0.129 e. The maximum atomic E-state index is 13.8. The number of thiophene rings is 1. The molecule has 0 aliphatic heterocycles. The van der Waals surface area contributed by atoms with Crippen LogP contribution in [0.1, 0.15) is 27.6 Å². The predicted octanol–water partition coefficient (Wildman–Crippen LogP) is 5.54. The second-order valence-electron chi connectivity index (χ2n) is 3.69. The molecule has 0 aliphatic rings. The van der Waals surface area contributed by atoms with Crippen LogP contribution in [0.4, 0.5) is 4.39 Å². The van der Waals surface area contributed by atoms with Gasteiger partial charge in [-0.2, -0.15) is 0 Å². The molecular weight excluding hydrogens is 323 g/mol. The first kappa shape index (κ1) is 13.1. The van der Waals surface area contributed by atoms with Crippen LogP contribution in [-0.2, 0) is 6.42 Å². The standard InChI is InChI=1S/C13H11BrClFS/c1-2-9-4-6-12(17-9)13(15)10-5-3-8(14)7-11(10)16/h3-7,13H,2H2,1H3. The van der Waals surface area contributed by atoms with E-state index < -0.39 is 5.38 Å². The van der Waals surface area contributed by atoms with Gasteiger partial charge in [0.25, 0.3) is 0 Å². The third-order valence-electron chi connectivity index (χ3n) is 2.52. The second-order valence-corrected chi connectivity index (χ2v) is 6.24. The molecule has 0 nitrogen and oxygen atoms in total. The lowest BCUT2D eigenvalue weighted by molar-refractivity contribution is 0.612. The van der Waals surface area contributed by atoms with E-state index in [0.717, 1.165) is 15.8 Å². The highest BCUT2D eigenvalue weighted by Crippen LogP contribution is 2.35. The molecule has 0 amide bonds. The van der Waals surface area contributed by atoms with Gasteiger partial charge in [-0.25, -0.2) is 4.39 Å². The van der Waals surface area contributed by atoms with E-state index in [-0.39, 0.29) is 5.82 Å². The minimum absolute atomic E-state index is 0.272. The van der Waals surface area contributed by atoms with Crippen molar-refractivity contribution in [1.82, 2.24) is 0 Å². The molecular formula is C13H11BrClFS. The van der Waals surface area contributed by atoms with Crippen molar-refractivity contribution >= 4 is 38.9 Å². The first-order chi connectivity index (χ1) is 8.11. The molecule has 1 heterocycles. The summed E-state index contributed by atoms with van der Waals surface area (Å²) in [5.41, 5.74) is 0.527. The first-order valence-electron chi connectivity index (χ1n) is 5.29. The minimum atomic E-state index is -0.409. The van der Waals surface area contributed by atoms with Crippen LogP contribution in [0, 0.1) is 5.82 Å². The van der Waals surface area contributed by atoms with Crippen LogP contribution in [0.3, 0.4) is 0 Å². The minimum Gasteiger partial charge on any atom is -0.207 e. The summed E-state index contributed by atoms with van der Waals surface area (Å²) in [5, 5.41) is -0.409. The molecule has 0 spiro atoms. The van der Waals surface area contributed by atoms with Crippen molar-refractivity contribution in [2.24, 2.45) is 0 Å². The number of benzene rings is 1. The molecule has 0 fully saturated rings. The van der Waals surface area contributed by atoms with Crippen molar-refractivity contribution in [1.29, 1.82) is 0 Å². The molecule has 4 heteroatoms. The van der Waals surface area contributed by atoms with E-state index in [0.29, 0.717) is 5.56 Å². The number of halogens is 3. The van der Waals surface area contributed by atoms with E-state index in [1.165, 1.54) is 10.9 Å². The summed E-state index contributed by atoms with van der Waals surface area (Å²) in [4.78, 5) is 2.26. The monoisotopic (exact) mass is 332 g/mol. The number of hydrogen-bond donors (Lipinski definition) is 0. The van der Waals surface area contributed by atoms with Gasteiger partial charge in [-0.05, 0) is 30.7 Å². The molecule has 0 bridgehead atoms.